The van der Waals surface area contributed by atoms with Gasteiger partial charge in [0.05, 0.1) is 11.6 Å². The number of carbonyl (C=O) groups excluding carboxylic acids is 1. The third-order valence-corrected chi connectivity index (χ3v) is 4.04. The van der Waals surface area contributed by atoms with Gasteiger partial charge in [-0.2, -0.15) is 5.10 Å². The molecular weight excluding hydrogens is 234 g/mol. The van der Waals surface area contributed by atoms with Crippen molar-refractivity contribution in [3.05, 3.63) is 18.0 Å². The van der Waals surface area contributed by atoms with Crippen LogP contribution in [0.3, 0.4) is 0 Å². The highest BCUT2D eigenvalue weighted by Gasteiger charge is 2.72. The normalized spacial score (nSPS) is 32.3. The molecular formula is C12H15N3O3. The highest BCUT2D eigenvalue weighted by molar-refractivity contribution is 5.83. The van der Waals surface area contributed by atoms with Crippen molar-refractivity contribution < 1.29 is 14.7 Å². The fraction of sp³-hybridized carbons (Fsp3) is 0.583. The number of aliphatic carboxylic acids is 1. The van der Waals surface area contributed by atoms with Gasteiger partial charge in [-0.05, 0) is 31.2 Å². The van der Waals surface area contributed by atoms with Gasteiger partial charge in [-0.1, -0.05) is 0 Å². The number of hydrogen-bond donors (Lipinski definition) is 2. The van der Waals surface area contributed by atoms with Crippen LogP contribution in [0.1, 0.15) is 18.4 Å². The topological polar surface area (TPSA) is 84.2 Å². The molecule has 96 valence electrons. The number of carboxylic acids is 1. The van der Waals surface area contributed by atoms with Gasteiger partial charge in [-0.25, -0.2) is 0 Å². The van der Waals surface area contributed by atoms with Crippen LogP contribution in [-0.4, -0.2) is 32.8 Å². The number of aryl methyl sites for hydroxylation is 1. The van der Waals surface area contributed by atoms with Gasteiger partial charge in [-0.15, -0.1) is 0 Å². The van der Waals surface area contributed by atoms with E-state index in [1.807, 2.05) is 6.92 Å². The quantitative estimate of drug-likeness (QED) is 0.796. The molecule has 0 bridgehead atoms. The van der Waals surface area contributed by atoms with Gasteiger partial charge in [0.15, 0.2) is 0 Å². The molecule has 1 heterocycles. The summed E-state index contributed by atoms with van der Waals surface area (Å²) in [7, 11) is 0. The van der Waals surface area contributed by atoms with Crippen molar-refractivity contribution in [1.29, 1.82) is 0 Å². The summed E-state index contributed by atoms with van der Waals surface area (Å²) in [5.74, 6) is -0.687. The monoisotopic (exact) mass is 249 g/mol. The standard InChI is InChI=1S/C12H15N3O3/c1-7-4-13-15(5-7)6-10(16)14-9-3-12(11(17)18)2-8(9)12/h4-5,8-9H,2-3,6H2,1H3,(H,14,16)(H,17,18)/t8-,9+,12-/m0/s1. The second-order valence-electron chi connectivity index (χ2n) is 5.37. The van der Waals surface area contributed by atoms with Crippen molar-refractivity contribution in [2.75, 3.05) is 0 Å². The largest absolute Gasteiger partial charge is 0.481 e. The lowest BCUT2D eigenvalue weighted by atomic mass is 9.80. The maximum Gasteiger partial charge on any atom is 0.310 e. The van der Waals surface area contributed by atoms with Crippen LogP contribution in [0.25, 0.3) is 0 Å². The van der Waals surface area contributed by atoms with Gasteiger partial charge < -0.3 is 10.4 Å². The maximum atomic E-state index is 11.7. The minimum atomic E-state index is -0.722. The molecule has 6 nitrogen and oxygen atoms in total. The van der Waals surface area contributed by atoms with Crippen LogP contribution in [0, 0.1) is 18.3 Å². The third kappa shape index (κ3) is 1.60. The average molecular weight is 249 g/mol. The number of nitrogens with zero attached hydrogens (tertiary/aromatic N) is 2. The molecule has 2 aliphatic rings. The number of hydrogen-bond acceptors (Lipinski definition) is 3. The van der Waals surface area contributed by atoms with E-state index in [2.05, 4.69) is 10.4 Å². The minimum absolute atomic E-state index is 0.0326. The molecule has 0 unspecified atom stereocenters. The van der Waals surface area contributed by atoms with Gasteiger partial charge in [0.25, 0.3) is 0 Å². The molecule has 2 saturated carbocycles. The SMILES string of the molecule is Cc1cnn(CC(=O)N[C@@H]2C[C@@]3(C(=O)O)C[C@@H]23)c1. The van der Waals surface area contributed by atoms with E-state index in [0.29, 0.717) is 12.8 Å². The minimum Gasteiger partial charge on any atom is -0.481 e. The molecule has 2 fully saturated rings. The summed E-state index contributed by atoms with van der Waals surface area (Å²) < 4.78 is 1.58. The first-order chi connectivity index (χ1) is 8.51. The van der Waals surface area contributed by atoms with Gasteiger partial charge >= 0.3 is 5.97 Å². The van der Waals surface area contributed by atoms with E-state index < -0.39 is 11.4 Å². The third-order valence-electron chi connectivity index (χ3n) is 4.04. The molecule has 1 amide bonds. The second kappa shape index (κ2) is 3.57. The van der Waals surface area contributed by atoms with Crippen LogP contribution in [0.2, 0.25) is 0 Å². The Morgan fingerprint density at radius 2 is 2.39 bits per heavy atom. The Labute approximate surface area is 104 Å². The van der Waals surface area contributed by atoms with Crippen LogP contribution >= 0.6 is 0 Å². The molecule has 0 saturated heterocycles. The molecule has 0 aromatic carbocycles. The molecule has 2 N–H and O–H groups in total. The fourth-order valence-electron chi connectivity index (χ4n) is 2.91. The first-order valence-corrected chi connectivity index (χ1v) is 6.03. The van der Waals surface area contributed by atoms with Gasteiger partial charge in [0.1, 0.15) is 6.54 Å². The number of amides is 1. The Morgan fingerprint density at radius 1 is 1.61 bits per heavy atom. The van der Waals surface area contributed by atoms with Crippen molar-refractivity contribution in [3.8, 4) is 0 Å². The van der Waals surface area contributed by atoms with E-state index in [0.717, 1.165) is 5.56 Å². The van der Waals surface area contributed by atoms with E-state index >= 15 is 0 Å². The number of carboxylic acid groups (broad SMARTS) is 1. The van der Waals surface area contributed by atoms with E-state index in [1.165, 1.54) is 0 Å². The highest BCUT2D eigenvalue weighted by Crippen LogP contribution is 2.67. The van der Waals surface area contributed by atoms with Crippen LogP contribution in [0.5, 0.6) is 0 Å². The Morgan fingerprint density at radius 3 is 2.89 bits per heavy atom. The Balaban J connectivity index is 1.51. The van der Waals surface area contributed by atoms with E-state index in [4.69, 9.17) is 5.11 Å². The predicted octanol–water partition coefficient (Wildman–Crippen LogP) is 0.171. The molecule has 0 aliphatic heterocycles. The molecule has 0 spiro atoms. The number of fused-ring (bicyclic) bond motifs is 1. The molecule has 2 aliphatic carbocycles. The molecule has 1 aromatic rings. The van der Waals surface area contributed by atoms with Crippen LogP contribution < -0.4 is 5.32 Å². The summed E-state index contributed by atoms with van der Waals surface area (Å²) in [6, 6.07) is 0.0326. The van der Waals surface area contributed by atoms with Crippen molar-refractivity contribution in [2.24, 2.45) is 11.3 Å². The van der Waals surface area contributed by atoms with Crippen LogP contribution in [0.4, 0.5) is 0 Å². The van der Waals surface area contributed by atoms with Crippen molar-refractivity contribution in [2.45, 2.75) is 32.4 Å². The molecule has 1 aromatic heterocycles. The Hall–Kier alpha value is -1.85. The van der Waals surface area contributed by atoms with Crippen molar-refractivity contribution in [3.63, 3.8) is 0 Å². The van der Waals surface area contributed by atoms with Crippen LogP contribution in [0.15, 0.2) is 12.4 Å². The number of nitrogens with one attached hydrogen (secondary N) is 1. The number of carbonyl (C=O) groups is 2. The lowest BCUT2D eigenvalue weighted by Crippen LogP contribution is -2.49. The zero-order chi connectivity index (χ0) is 12.9. The summed E-state index contributed by atoms with van der Waals surface area (Å²) >= 11 is 0. The average Bonchev–Trinajstić information content (AvgIpc) is 2.70. The van der Waals surface area contributed by atoms with Gasteiger partial charge in [0, 0.05) is 12.2 Å². The van der Waals surface area contributed by atoms with Crippen molar-refractivity contribution >= 4 is 11.9 Å². The van der Waals surface area contributed by atoms with E-state index in [1.54, 1.807) is 17.1 Å². The summed E-state index contributed by atoms with van der Waals surface area (Å²) in [6.07, 6.45) is 4.77. The lowest BCUT2D eigenvalue weighted by Gasteiger charge is -2.32. The molecule has 3 rings (SSSR count). The van der Waals surface area contributed by atoms with E-state index in [-0.39, 0.29) is 24.4 Å². The molecule has 18 heavy (non-hydrogen) atoms. The first-order valence-electron chi connectivity index (χ1n) is 6.03. The fourth-order valence-corrected chi connectivity index (χ4v) is 2.91. The number of aromatic nitrogens is 2. The summed E-state index contributed by atoms with van der Waals surface area (Å²) in [6.45, 7) is 2.11. The van der Waals surface area contributed by atoms with Crippen LogP contribution in [-0.2, 0) is 16.1 Å². The molecule has 3 atom stereocenters. The number of rotatable bonds is 4. The zero-order valence-electron chi connectivity index (χ0n) is 10.1. The predicted molar refractivity (Wildman–Crippen MR) is 61.7 cm³/mol. The summed E-state index contributed by atoms with van der Waals surface area (Å²) in [5.41, 5.74) is 0.499. The Bertz CT molecular complexity index is 524. The first kappa shape index (κ1) is 11.3. The summed E-state index contributed by atoms with van der Waals surface area (Å²) in [5, 5.41) is 15.9. The van der Waals surface area contributed by atoms with E-state index in [9.17, 15) is 9.59 Å². The molecule has 6 heteroatoms. The Kier molecular flexibility index (Phi) is 2.23. The summed E-state index contributed by atoms with van der Waals surface area (Å²) in [4.78, 5) is 22.7. The highest BCUT2D eigenvalue weighted by atomic mass is 16.4. The zero-order valence-corrected chi connectivity index (χ0v) is 10.1. The lowest BCUT2D eigenvalue weighted by molar-refractivity contribution is -0.148. The van der Waals surface area contributed by atoms with Crippen molar-refractivity contribution in [1.82, 2.24) is 15.1 Å². The molecule has 0 radical (unpaired) electrons. The maximum absolute atomic E-state index is 11.7. The van der Waals surface area contributed by atoms with Gasteiger partial charge in [0.2, 0.25) is 5.91 Å². The van der Waals surface area contributed by atoms with Gasteiger partial charge in [-0.3, -0.25) is 14.3 Å². The second-order valence-corrected chi connectivity index (χ2v) is 5.37. The smallest absolute Gasteiger partial charge is 0.310 e.